The van der Waals surface area contributed by atoms with Gasteiger partial charge in [-0.2, -0.15) is 0 Å². The zero-order valence-corrected chi connectivity index (χ0v) is 12.5. The fourth-order valence-electron chi connectivity index (χ4n) is 4.71. The maximum absolute atomic E-state index is 12.3. The van der Waals surface area contributed by atoms with Gasteiger partial charge in [-0.05, 0) is 55.8 Å². The summed E-state index contributed by atoms with van der Waals surface area (Å²) in [6.07, 6.45) is 11.1. The second-order valence-corrected chi connectivity index (χ2v) is 7.32. The predicted molar refractivity (Wildman–Crippen MR) is 78.2 cm³/mol. The minimum atomic E-state index is 0.291. The minimum absolute atomic E-state index is 0.291. The quantitative estimate of drug-likeness (QED) is 0.783. The molecule has 19 heavy (non-hydrogen) atoms. The average Bonchev–Trinajstić information content (AvgIpc) is 3.01. The van der Waals surface area contributed by atoms with E-state index in [1.165, 1.54) is 44.9 Å². The summed E-state index contributed by atoms with van der Waals surface area (Å²) in [4.78, 5) is 12.3. The molecule has 0 aromatic carbocycles. The first-order valence-electron chi connectivity index (χ1n) is 8.11. The number of carbonyl (C=O) groups excluding carboxylic acids is 1. The number of nitrogens with one attached hydrogen (secondary N) is 1. The first-order chi connectivity index (χ1) is 9.26. The molecule has 2 nitrogen and oxygen atoms in total. The lowest BCUT2D eigenvalue weighted by Crippen LogP contribution is -2.43. The Labute approximate surface area is 121 Å². The van der Waals surface area contributed by atoms with Gasteiger partial charge in [0, 0.05) is 18.3 Å². The smallest absolute Gasteiger partial charge is 0.220 e. The number of alkyl halides is 1. The van der Waals surface area contributed by atoms with Crippen molar-refractivity contribution in [3.05, 3.63) is 0 Å². The van der Waals surface area contributed by atoms with Crippen LogP contribution in [0.3, 0.4) is 0 Å². The monoisotopic (exact) mass is 283 g/mol. The molecular formula is C16H26ClNO. The summed E-state index contributed by atoms with van der Waals surface area (Å²) in [5.74, 6) is 3.95. The second-order valence-electron chi connectivity index (χ2n) is 7.01. The lowest BCUT2D eigenvalue weighted by molar-refractivity contribution is -0.123. The Kier molecular flexibility index (Phi) is 4.36. The van der Waals surface area contributed by atoms with Gasteiger partial charge in [-0.3, -0.25) is 4.79 Å². The van der Waals surface area contributed by atoms with Gasteiger partial charge in [-0.1, -0.05) is 19.3 Å². The van der Waals surface area contributed by atoms with Crippen molar-refractivity contribution < 1.29 is 4.79 Å². The van der Waals surface area contributed by atoms with Crippen LogP contribution in [0.15, 0.2) is 0 Å². The molecule has 3 aliphatic carbocycles. The van der Waals surface area contributed by atoms with Crippen LogP contribution in [0.5, 0.6) is 0 Å². The van der Waals surface area contributed by atoms with E-state index in [4.69, 9.17) is 11.6 Å². The molecule has 3 heteroatoms. The first-order valence-corrected chi connectivity index (χ1v) is 8.65. The van der Waals surface area contributed by atoms with Gasteiger partial charge in [-0.15, -0.1) is 11.6 Å². The number of amides is 1. The van der Waals surface area contributed by atoms with Gasteiger partial charge in [0.2, 0.25) is 5.91 Å². The topological polar surface area (TPSA) is 29.1 Å². The van der Waals surface area contributed by atoms with Crippen molar-refractivity contribution in [2.24, 2.45) is 23.7 Å². The molecule has 3 saturated carbocycles. The summed E-state index contributed by atoms with van der Waals surface area (Å²) in [6.45, 7) is 0. The number of rotatable bonds is 4. The highest BCUT2D eigenvalue weighted by atomic mass is 35.5. The van der Waals surface area contributed by atoms with E-state index in [0.717, 1.165) is 24.7 Å². The molecule has 0 spiro atoms. The molecule has 1 amide bonds. The molecule has 108 valence electrons. The van der Waals surface area contributed by atoms with Gasteiger partial charge in [-0.25, -0.2) is 0 Å². The molecule has 5 unspecified atom stereocenters. The molecule has 0 aromatic heterocycles. The predicted octanol–water partition coefficient (Wildman–Crippen LogP) is 3.73. The molecule has 0 aliphatic heterocycles. The number of carbonyl (C=O) groups is 1. The molecule has 3 aliphatic rings. The van der Waals surface area contributed by atoms with Crippen LogP contribution in [0.25, 0.3) is 0 Å². The van der Waals surface area contributed by atoms with E-state index in [9.17, 15) is 4.79 Å². The van der Waals surface area contributed by atoms with Crippen LogP contribution < -0.4 is 5.32 Å². The Hall–Kier alpha value is -0.240. The highest BCUT2D eigenvalue weighted by Gasteiger charge is 2.40. The molecule has 0 radical (unpaired) electrons. The van der Waals surface area contributed by atoms with Crippen molar-refractivity contribution in [3.8, 4) is 0 Å². The average molecular weight is 284 g/mol. The second kappa shape index (κ2) is 6.03. The Morgan fingerprint density at radius 3 is 2.58 bits per heavy atom. The summed E-state index contributed by atoms with van der Waals surface area (Å²) >= 11 is 6.03. The fraction of sp³-hybridized carbons (Fsp3) is 0.938. The normalized spacial score (nSPS) is 41.4. The SMILES string of the molecule is O=C(CC1CC2CCC1C2)NC1CCCCC1CCl. The van der Waals surface area contributed by atoms with Gasteiger partial charge in [0.1, 0.15) is 0 Å². The molecule has 0 heterocycles. The van der Waals surface area contributed by atoms with E-state index in [0.29, 0.717) is 29.7 Å². The van der Waals surface area contributed by atoms with E-state index in [2.05, 4.69) is 5.32 Å². The van der Waals surface area contributed by atoms with Gasteiger partial charge in [0.25, 0.3) is 0 Å². The molecule has 3 rings (SSSR count). The Morgan fingerprint density at radius 1 is 1.05 bits per heavy atom. The van der Waals surface area contributed by atoms with Crippen LogP contribution in [0.4, 0.5) is 0 Å². The van der Waals surface area contributed by atoms with Crippen molar-refractivity contribution in [2.75, 3.05) is 5.88 Å². The van der Waals surface area contributed by atoms with E-state index >= 15 is 0 Å². The third kappa shape index (κ3) is 3.09. The molecule has 1 N–H and O–H groups in total. The van der Waals surface area contributed by atoms with Crippen LogP contribution in [0.1, 0.15) is 57.8 Å². The van der Waals surface area contributed by atoms with Gasteiger partial charge in [0.05, 0.1) is 0 Å². The minimum Gasteiger partial charge on any atom is -0.353 e. The number of hydrogen-bond donors (Lipinski definition) is 1. The van der Waals surface area contributed by atoms with Crippen molar-refractivity contribution in [3.63, 3.8) is 0 Å². The van der Waals surface area contributed by atoms with E-state index in [1.54, 1.807) is 0 Å². The Morgan fingerprint density at radius 2 is 1.89 bits per heavy atom. The molecule has 0 aromatic rings. The van der Waals surface area contributed by atoms with Crippen molar-refractivity contribution in [1.29, 1.82) is 0 Å². The standard InChI is InChI=1S/C16H26ClNO/c17-10-13-3-1-2-4-15(13)18-16(19)9-14-8-11-5-6-12(14)7-11/h11-15H,1-10H2,(H,18,19). The third-order valence-corrected chi connectivity index (χ3v) is 6.18. The zero-order valence-electron chi connectivity index (χ0n) is 11.7. The molecular weight excluding hydrogens is 258 g/mol. The lowest BCUT2D eigenvalue weighted by Gasteiger charge is -2.31. The highest BCUT2D eigenvalue weighted by molar-refractivity contribution is 6.18. The maximum atomic E-state index is 12.3. The van der Waals surface area contributed by atoms with Gasteiger partial charge < -0.3 is 5.32 Å². The fourth-order valence-corrected chi connectivity index (χ4v) is 5.08. The van der Waals surface area contributed by atoms with Crippen LogP contribution in [-0.2, 0) is 4.79 Å². The Balaban J connectivity index is 1.48. The Bertz CT molecular complexity index is 333. The van der Waals surface area contributed by atoms with E-state index in [1.807, 2.05) is 0 Å². The van der Waals surface area contributed by atoms with Gasteiger partial charge >= 0.3 is 0 Å². The molecule has 5 atom stereocenters. The molecule has 3 fully saturated rings. The van der Waals surface area contributed by atoms with Crippen molar-refractivity contribution in [1.82, 2.24) is 5.32 Å². The van der Waals surface area contributed by atoms with Crippen LogP contribution in [0.2, 0.25) is 0 Å². The largest absolute Gasteiger partial charge is 0.353 e. The third-order valence-electron chi connectivity index (χ3n) is 5.79. The zero-order chi connectivity index (χ0) is 13.2. The summed E-state index contributed by atoms with van der Waals surface area (Å²) < 4.78 is 0. The van der Waals surface area contributed by atoms with Gasteiger partial charge in [0.15, 0.2) is 0 Å². The first kappa shape index (κ1) is 13.7. The lowest BCUT2D eigenvalue weighted by atomic mass is 9.84. The van der Waals surface area contributed by atoms with Crippen molar-refractivity contribution in [2.45, 2.75) is 63.8 Å². The summed E-state index contributed by atoms with van der Waals surface area (Å²) in [5, 5.41) is 3.28. The summed E-state index contributed by atoms with van der Waals surface area (Å²) in [6, 6.07) is 0.345. The maximum Gasteiger partial charge on any atom is 0.220 e. The summed E-state index contributed by atoms with van der Waals surface area (Å²) in [5.41, 5.74) is 0. The highest BCUT2D eigenvalue weighted by Crippen LogP contribution is 2.49. The number of halogens is 1. The van der Waals surface area contributed by atoms with E-state index in [-0.39, 0.29) is 0 Å². The molecule has 0 saturated heterocycles. The molecule has 2 bridgehead atoms. The van der Waals surface area contributed by atoms with Crippen LogP contribution >= 0.6 is 11.6 Å². The number of fused-ring (bicyclic) bond motifs is 2. The van der Waals surface area contributed by atoms with Crippen molar-refractivity contribution >= 4 is 17.5 Å². The van der Waals surface area contributed by atoms with E-state index < -0.39 is 0 Å². The summed E-state index contributed by atoms with van der Waals surface area (Å²) in [7, 11) is 0. The van der Waals surface area contributed by atoms with Crippen LogP contribution in [-0.4, -0.2) is 17.8 Å². The van der Waals surface area contributed by atoms with Crippen LogP contribution in [0, 0.1) is 23.7 Å². The number of hydrogen-bond acceptors (Lipinski definition) is 1.